The molecule has 0 spiro atoms. The summed E-state index contributed by atoms with van der Waals surface area (Å²) in [5, 5.41) is 4.59. The van der Waals surface area contributed by atoms with Gasteiger partial charge >= 0.3 is 0 Å². The minimum absolute atomic E-state index is 0.0916. The van der Waals surface area contributed by atoms with Gasteiger partial charge < -0.3 is 14.6 Å². The number of halogens is 1. The molecule has 29 heavy (non-hydrogen) atoms. The van der Waals surface area contributed by atoms with Crippen LogP contribution in [0.15, 0.2) is 41.0 Å². The maximum atomic E-state index is 12.3. The highest BCUT2D eigenvalue weighted by Gasteiger charge is 2.24. The van der Waals surface area contributed by atoms with E-state index in [-0.39, 0.29) is 5.91 Å². The van der Waals surface area contributed by atoms with Gasteiger partial charge in [0, 0.05) is 36.0 Å². The van der Waals surface area contributed by atoms with Crippen LogP contribution >= 0.6 is 11.6 Å². The molecule has 1 aliphatic rings. The summed E-state index contributed by atoms with van der Waals surface area (Å²) in [7, 11) is 0. The number of benzene rings is 1. The van der Waals surface area contributed by atoms with Crippen LogP contribution in [0.5, 0.6) is 0 Å². The number of furan rings is 1. The number of nitrogens with one attached hydrogen (secondary N) is 1. The third-order valence-corrected chi connectivity index (χ3v) is 5.05. The molecule has 3 aromatic rings. The molecule has 0 saturated heterocycles. The first-order valence-electron chi connectivity index (χ1n) is 10.0. The van der Waals surface area contributed by atoms with Crippen LogP contribution in [0.25, 0.3) is 22.5 Å². The first kappa shape index (κ1) is 19.7. The van der Waals surface area contributed by atoms with Crippen molar-refractivity contribution < 1.29 is 9.21 Å². The van der Waals surface area contributed by atoms with E-state index >= 15 is 0 Å². The molecule has 6 nitrogen and oxygen atoms in total. The lowest BCUT2D eigenvalue weighted by Crippen LogP contribution is -2.34. The van der Waals surface area contributed by atoms with Crippen LogP contribution in [0.3, 0.4) is 0 Å². The van der Waals surface area contributed by atoms with Crippen LogP contribution in [0.1, 0.15) is 33.1 Å². The lowest BCUT2D eigenvalue weighted by molar-refractivity contribution is -0.121. The van der Waals surface area contributed by atoms with Gasteiger partial charge in [0.25, 0.3) is 0 Å². The molecule has 2 aromatic heterocycles. The number of amides is 1. The minimum Gasteiger partial charge on any atom is -0.461 e. The minimum atomic E-state index is 0.0916. The Labute approximate surface area is 175 Å². The smallest absolute Gasteiger partial charge is 0.221 e. The summed E-state index contributed by atoms with van der Waals surface area (Å²) in [6.45, 7) is 5.68. The average molecular weight is 413 g/mol. The van der Waals surface area contributed by atoms with E-state index < -0.39 is 0 Å². The second-order valence-corrected chi connectivity index (χ2v) is 8.38. The molecule has 1 fully saturated rings. The van der Waals surface area contributed by atoms with E-state index in [1.165, 1.54) is 0 Å². The number of fused-ring (bicyclic) bond motifs is 1. The van der Waals surface area contributed by atoms with Crippen LogP contribution < -0.4 is 10.2 Å². The molecular weight excluding hydrogens is 388 g/mol. The number of rotatable bonds is 8. The number of hydrogen-bond donors (Lipinski definition) is 1. The van der Waals surface area contributed by atoms with Gasteiger partial charge in [-0.2, -0.15) is 0 Å². The summed E-state index contributed by atoms with van der Waals surface area (Å²) >= 11 is 6.22. The Balaban J connectivity index is 1.70. The summed E-state index contributed by atoms with van der Waals surface area (Å²) in [5.74, 6) is 2.41. The summed E-state index contributed by atoms with van der Waals surface area (Å²) in [4.78, 5) is 23.9. The van der Waals surface area contributed by atoms with E-state index in [4.69, 9.17) is 21.0 Å². The molecule has 1 N–H and O–H groups in total. The molecule has 0 aliphatic heterocycles. The van der Waals surface area contributed by atoms with Crippen molar-refractivity contribution in [1.82, 2.24) is 15.3 Å². The van der Waals surface area contributed by atoms with Crippen molar-refractivity contribution in [3.63, 3.8) is 0 Å². The van der Waals surface area contributed by atoms with Gasteiger partial charge in [-0.15, -0.1) is 0 Å². The highest BCUT2D eigenvalue weighted by molar-refractivity contribution is 6.31. The number of aromatic nitrogens is 2. The van der Waals surface area contributed by atoms with Gasteiger partial charge in [-0.3, -0.25) is 4.79 Å². The maximum absolute atomic E-state index is 12.3. The quantitative estimate of drug-likeness (QED) is 0.581. The fourth-order valence-electron chi connectivity index (χ4n) is 3.33. The van der Waals surface area contributed by atoms with Gasteiger partial charge in [0.05, 0.1) is 11.8 Å². The van der Waals surface area contributed by atoms with Crippen molar-refractivity contribution in [2.75, 3.05) is 18.0 Å². The standard InChI is InChI=1S/C22H25ClN4O2/c1-14(2)13-27(10-9-20(28)24-16-6-7-16)22-17-8-5-15(23)12-18(17)25-21(26-22)19-4-3-11-29-19/h3-5,8,11-12,14,16H,6-7,9-10,13H2,1-2H3,(H,24,28). The number of anilines is 1. The third-order valence-electron chi connectivity index (χ3n) is 4.82. The molecule has 1 aromatic carbocycles. The molecule has 2 heterocycles. The van der Waals surface area contributed by atoms with Crippen LogP contribution in [-0.4, -0.2) is 35.0 Å². The Bertz CT molecular complexity index is 999. The van der Waals surface area contributed by atoms with Crippen molar-refractivity contribution in [3.8, 4) is 11.6 Å². The highest BCUT2D eigenvalue weighted by atomic mass is 35.5. The molecule has 0 bridgehead atoms. The van der Waals surface area contributed by atoms with Gasteiger partial charge in [-0.1, -0.05) is 25.4 Å². The summed E-state index contributed by atoms with van der Waals surface area (Å²) in [6, 6.07) is 9.64. The first-order chi connectivity index (χ1) is 14.0. The van der Waals surface area contributed by atoms with Gasteiger partial charge in [-0.05, 0) is 49.1 Å². The summed E-state index contributed by atoms with van der Waals surface area (Å²) < 4.78 is 5.52. The largest absolute Gasteiger partial charge is 0.461 e. The number of carbonyl (C=O) groups is 1. The van der Waals surface area contributed by atoms with Crippen LogP contribution in [0, 0.1) is 5.92 Å². The van der Waals surface area contributed by atoms with Crippen LogP contribution in [0.4, 0.5) is 5.82 Å². The number of nitrogens with zero attached hydrogens (tertiary/aromatic N) is 3. The Morgan fingerprint density at radius 3 is 2.83 bits per heavy atom. The van der Waals surface area contributed by atoms with Gasteiger partial charge in [0.15, 0.2) is 11.6 Å². The second kappa shape index (κ2) is 8.41. The summed E-state index contributed by atoms with van der Waals surface area (Å²) in [5.41, 5.74) is 0.755. The molecule has 4 rings (SSSR count). The van der Waals surface area contributed by atoms with E-state index in [2.05, 4.69) is 29.0 Å². The van der Waals surface area contributed by atoms with Crippen molar-refractivity contribution in [2.24, 2.45) is 5.92 Å². The second-order valence-electron chi connectivity index (χ2n) is 7.94. The fraction of sp³-hybridized carbons (Fsp3) is 0.409. The molecule has 7 heteroatoms. The monoisotopic (exact) mass is 412 g/mol. The van der Waals surface area contributed by atoms with Crippen molar-refractivity contribution in [3.05, 3.63) is 41.6 Å². The zero-order valence-electron chi connectivity index (χ0n) is 16.7. The van der Waals surface area contributed by atoms with Gasteiger partial charge in [0.1, 0.15) is 5.82 Å². The van der Waals surface area contributed by atoms with E-state index in [1.54, 1.807) is 6.26 Å². The average Bonchev–Trinajstić information content (AvgIpc) is 3.31. The van der Waals surface area contributed by atoms with Gasteiger partial charge in [-0.25, -0.2) is 9.97 Å². The first-order valence-corrected chi connectivity index (χ1v) is 10.4. The molecule has 0 unspecified atom stereocenters. The normalized spacial score (nSPS) is 13.8. The molecule has 1 saturated carbocycles. The lowest BCUT2D eigenvalue weighted by Gasteiger charge is -2.27. The Hall–Kier alpha value is -2.60. The molecule has 152 valence electrons. The van der Waals surface area contributed by atoms with Gasteiger partial charge in [0.2, 0.25) is 5.91 Å². The Morgan fingerprint density at radius 1 is 1.31 bits per heavy atom. The van der Waals surface area contributed by atoms with Crippen molar-refractivity contribution in [1.29, 1.82) is 0 Å². The zero-order chi connectivity index (χ0) is 20.4. The maximum Gasteiger partial charge on any atom is 0.221 e. The Kier molecular flexibility index (Phi) is 5.72. The fourth-order valence-corrected chi connectivity index (χ4v) is 3.50. The zero-order valence-corrected chi connectivity index (χ0v) is 17.4. The molecule has 0 radical (unpaired) electrons. The number of hydrogen-bond acceptors (Lipinski definition) is 5. The van der Waals surface area contributed by atoms with Crippen LogP contribution in [0.2, 0.25) is 5.02 Å². The SMILES string of the molecule is CC(C)CN(CCC(=O)NC1CC1)c1nc(-c2ccco2)nc2cc(Cl)ccc12. The molecule has 0 atom stereocenters. The van der Waals surface area contributed by atoms with E-state index in [9.17, 15) is 4.79 Å². The van der Waals surface area contributed by atoms with E-state index in [0.717, 1.165) is 36.1 Å². The highest BCUT2D eigenvalue weighted by Crippen LogP contribution is 2.30. The molecule has 1 amide bonds. The van der Waals surface area contributed by atoms with E-state index in [1.807, 2.05) is 30.3 Å². The van der Waals surface area contributed by atoms with Crippen LogP contribution in [-0.2, 0) is 4.79 Å². The lowest BCUT2D eigenvalue weighted by atomic mass is 10.1. The van der Waals surface area contributed by atoms with Crippen molar-refractivity contribution >= 4 is 34.2 Å². The predicted octanol–water partition coefficient (Wildman–Crippen LogP) is 4.67. The topological polar surface area (TPSA) is 71.3 Å². The Morgan fingerprint density at radius 2 is 2.14 bits per heavy atom. The summed E-state index contributed by atoms with van der Waals surface area (Å²) in [6.07, 6.45) is 4.21. The molecular formula is C22H25ClN4O2. The van der Waals surface area contributed by atoms with Crippen molar-refractivity contribution in [2.45, 2.75) is 39.2 Å². The predicted molar refractivity (Wildman–Crippen MR) is 115 cm³/mol. The molecule has 1 aliphatic carbocycles. The van der Waals surface area contributed by atoms with E-state index in [0.29, 0.717) is 41.5 Å². The number of carbonyl (C=O) groups excluding carboxylic acids is 1. The third kappa shape index (κ3) is 4.88.